The first-order valence-corrected chi connectivity index (χ1v) is 10.2. The van der Waals surface area contributed by atoms with Crippen LogP contribution in [0.4, 0.5) is 0 Å². The number of amides is 1. The predicted octanol–water partition coefficient (Wildman–Crippen LogP) is 4.26. The monoisotopic (exact) mass is 409 g/mol. The molecular weight excluding hydrogens is 382 g/mol. The van der Waals surface area contributed by atoms with Crippen LogP contribution in [-0.2, 0) is 0 Å². The van der Waals surface area contributed by atoms with Crippen molar-refractivity contribution < 1.29 is 4.79 Å². The van der Waals surface area contributed by atoms with Gasteiger partial charge in [-0.1, -0.05) is 55.0 Å². The summed E-state index contributed by atoms with van der Waals surface area (Å²) in [5.41, 5.74) is 4.86. The summed E-state index contributed by atoms with van der Waals surface area (Å²) in [6, 6.07) is 18.6. The third-order valence-corrected chi connectivity index (χ3v) is 5.51. The molecular formula is C24H28ClN3O. The first-order chi connectivity index (χ1) is 13.8. The third kappa shape index (κ3) is 5.34. The van der Waals surface area contributed by atoms with Gasteiger partial charge in [0.25, 0.3) is 5.91 Å². The van der Waals surface area contributed by atoms with Gasteiger partial charge in [-0.05, 0) is 49.1 Å². The molecule has 0 bridgehead atoms. The van der Waals surface area contributed by atoms with E-state index in [1.165, 1.54) is 30.4 Å². The molecule has 2 aromatic rings. The zero-order chi connectivity index (χ0) is 19.2. The molecule has 1 unspecified atom stereocenters. The molecule has 0 aromatic heterocycles. The summed E-state index contributed by atoms with van der Waals surface area (Å²) >= 11 is 0. The predicted molar refractivity (Wildman–Crippen MR) is 122 cm³/mol. The highest BCUT2D eigenvalue weighted by molar-refractivity contribution is 6.19. The lowest BCUT2D eigenvalue weighted by molar-refractivity contribution is 0.0951. The minimum absolute atomic E-state index is 0. The molecule has 2 heterocycles. The van der Waals surface area contributed by atoms with E-state index in [1.807, 2.05) is 42.5 Å². The van der Waals surface area contributed by atoms with Crippen molar-refractivity contribution in [2.24, 2.45) is 4.99 Å². The van der Waals surface area contributed by atoms with Crippen LogP contribution in [0.25, 0.3) is 5.57 Å². The third-order valence-electron chi connectivity index (χ3n) is 5.51. The lowest BCUT2D eigenvalue weighted by Crippen LogP contribution is -2.37. The van der Waals surface area contributed by atoms with E-state index in [9.17, 15) is 4.79 Å². The van der Waals surface area contributed by atoms with E-state index < -0.39 is 0 Å². The Bertz CT molecular complexity index is 886. The molecule has 1 atom stereocenters. The first-order valence-electron chi connectivity index (χ1n) is 10.2. The van der Waals surface area contributed by atoms with Crippen molar-refractivity contribution in [3.63, 3.8) is 0 Å². The summed E-state index contributed by atoms with van der Waals surface area (Å²) in [5, 5.41) is 6.63. The van der Waals surface area contributed by atoms with Gasteiger partial charge in [0.1, 0.15) is 0 Å². The molecule has 5 heteroatoms. The van der Waals surface area contributed by atoms with Gasteiger partial charge in [0.15, 0.2) is 0 Å². The van der Waals surface area contributed by atoms with E-state index >= 15 is 0 Å². The largest absolute Gasteiger partial charge is 0.352 e. The molecule has 1 amide bonds. The number of benzene rings is 2. The van der Waals surface area contributed by atoms with Crippen LogP contribution < -0.4 is 10.6 Å². The van der Waals surface area contributed by atoms with Crippen LogP contribution in [0.1, 0.15) is 47.2 Å². The van der Waals surface area contributed by atoms with Crippen molar-refractivity contribution >= 4 is 29.6 Å². The Kier molecular flexibility index (Phi) is 7.62. The van der Waals surface area contributed by atoms with Crippen molar-refractivity contribution in [1.29, 1.82) is 0 Å². The highest BCUT2D eigenvalue weighted by Crippen LogP contribution is 2.23. The van der Waals surface area contributed by atoms with E-state index in [-0.39, 0.29) is 18.3 Å². The second-order valence-corrected chi connectivity index (χ2v) is 7.47. The molecule has 0 spiro atoms. The second kappa shape index (κ2) is 10.4. The number of hydrogen-bond acceptors (Lipinski definition) is 3. The molecule has 2 N–H and O–H groups in total. The number of carbonyl (C=O) groups is 1. The van der Waals surface area contributed by atoms with Crippen LogP contribution in [0.2, 0.25) is 0 Å². The van der Waals surface area contributed by atoms with Gasteiger partial charge in [-0.3, -0.25) is 9.79 Å². The van der Waals surface area contributed by atoms with Crippen molar-refractivity contribution in [2.45, 2.75) is 31.7 Å². The SMILES string of the molecule is Cl.O=C(NCCC1CCCCN1)c1ccccc1C1=NCC(c2ccccc2)=C1. The van der Waals surface area contributed by atoms with E-state index in [1.54, 1.807) is 0 Å². The minimum atomic E-state index is -0.0179. The average Bonchev–Trinajstić information content (AvgIpc) is 3.25. The second-order valence-electron chi connectivity index (χ2n) is 7.47. The van der Waals surface area contributed by atoms with Gasteiger partial charge >= 0.3 is 0 Å². The normalized spacial score (nSPS) is 18.4. The fourth-order valence-electron chi connectivity index (χ4n) is 3.95. The Hall–Kier alpha value is -2.43. The topological polar surface area (TPSA) is 53.5 Å². The van der Waals surface area contributed by atoms with Gasteiger partial charge in [-0.2, -0.15) is 0 Å². The molecule has 0 radical (unpaired) electrons. The molecule has 2 aliphatic rings. The maximum atomic E-state index is 12.8. The summed E-state index contributed by atoms with van der Waals surface area (Å²) in [4.78, 5) is 17.5. The molecule has 29 heavy (non-hydrogen) atoms. The number of nitrogens with zero attached hydrogens (tertiary/aromatic N) is 1. The van der Waals surface area contributed by atoms with Crippen molar-refractivity contribution in [1.82, 2.24) is 10.6 Å². The zero-order valence-corrected chi connectivity index (χ0v) is 17.4. The van der Waals surface area contributed by atoms with Crippen LogP contribution in [-0.4, -0.2) is 37.3 Å². The number of piperidine rings is 1. The summed E-state index contributed by atoms with van der Waals surface area (Å²) in [6.45, 7) is 2.45. The van der Waals surface area contributed by atoms with Crippen LogP contribution in [0.3, 0.4) is 0 Å². The van der Waals surface area contributed by atoms with Crippen LogP contribution in [0, 0.1) is 0 Å². The molecule has 1 fully saturated rings. The summed E-state index contributed by atoms with van der Waals surface area (Å²) < 4.78 is 0. The van der Waals surface area contributed by atoms with Gasteiger partial charge in [0.05, 0.1) is 12.3 Å². The Morgan fingerprint density at radius 3 is 2.66 bits per heavy atom. The lowest BCUT2D eigenvalue weighted by atomic mass is 9.99. The van der Waals surface area contributed by atoms with Crippen molar-refractivity contribution in [3.8, 4) is 0 Å². The van der Waals surface area contributed by atoms with Crippen molar-refractivity contribution in [3.05, 3.63) is 77.4 Å². The van der Waals surface area contributed by atoms with E-state index in [4.69, 9.17) is 4.99 Å². The van der Waals surface area contributed by atoms with E-state index in [0.717, 1.165) is 24.2 Å². The van der Waals surface area contributed by atoms with Crippen LogP contribution >= 0.6 is 12.4 Å². The summed E-state index contributed by atoms with van der Waals surface area (Å²) in [5.74, 6) is -0.0179. The summed E-state index contributed by atoms with van der Waals surface area (Å²) in [7, 11) is 0. The Morgan fingerprint density at radius 1 is 1.07 bits per heavy atom. The number of aliphatic imine (C=N–C) groups is 1. The molecule has 1 saturated heterocycles. The maximum Gasteiger partial charge on any atom is 0.251 e. The quantitative estimate of drug-likeness (QED) is 0.749. The van der Waals surface area contributed by atoms with Gasteiger partial charge in [-0.25, -0.2) is 0 Å². The standard InChI is InChI=1S/C24H27N3O.ClH/c28-24(26-15-13-20-10-6-7-14-25-20)22-12-5-4-11-21(22)23-16-19(17-27-23)18-8-2-1-3-9-18;/h1-5,8-9,11-12,16,20,25H,6-7,10,13-15,17H2,(H,26,28);1H. The summed E-state index contributed by atoms with van der Waals surface area (Å²) in [6.07, 6.45) is 6.83. The number of allylic oxidation sites excluding steroid dienone is 1. The fraction of sp³-hybridized carbons (Fsp3) is 0.333. The fourth-order valence-corrected chi connectivity index (χ4v) is 3.95. The van der Waals surface area contributed by atoms with Crippen LogP contribution in [0.15, 0.2) is 65.7 Å². The Labute approximate surface area is 178 Å². The van der Waals surface area contributed by atoms with Gasteiger partial charge in [0.2, 0.25) is 0 Å². The van der Waals surface area contributed by atoms with Gasteiger partial charge in [0, 0.05) is 23.7 Å². The van der Waals surface area contributed by atoms with E-state index in [2.05, 4.69) is 28.8 Å². The van der Waals surface area contributed by atoms with Gasteiger partial charge < -0.3 is 10.6 Å². The van der Waals surface area contributed by atoms with E-state index in [0.29, 0.717) is 24.7 Å². The molecule has 4 rings (SSSR count). The molecule has 2 aromatic carbocycles. The molecule has 4 nitrogen and oxygen atoms in total. The Morgan fingerprint density at radius 2 is 1.86 bits per heavy atom. The smallest absolute Gasteiger partial charge is 0.251 e. The van der Waals surface area contributed by atoms with Crippen molar-refractivity contribution in [2.75, 3.05) is 19.6 Å². The number of rotatable bonds is 6. The zero-order valence-electron chi connectivity index (χ0n) is 16.6. The minimum Gasteiger partial charge on any atom is -0.352 e. The lowest BCUT2D eigenvalue weighted by Gasteiger charge is -2.23. The number of nitrogens with one attached hydrogen (secondary N) is 2. The average molecular weight is 410 g/mol. The molecule has 2 aliphatic heterocycles. The van der Waals surface area contributed by atoms with Gasteiger partial charge in [-0.15, -0.1) is 12.4 Å². The number of halogens is 1. The number of carbonyl (C=O) groups excluding carboxylic acids is 1. The highest BCUT2D eigenvalue weighted by Gasteiger charge is 2.18. The molecule has 0 aliphatic carbocycles. The molecule has 152 valence electrons. The Balaban J connectivity index is 0.00000240. The van der Waals surface area contributed by atoms with Crippen LogP contribution in [0.5, 0.6) is 0 Å². The highest BCUT2D eigenvalue weighted by atomic mass is 35.5. The first kappa shape index (κ1) is 21.3. The molecule has 0 saturated carbocycles. The number of hydrogen-bond donors (Lipinski definition) is 2. The maximum absolute atomic E-state index is 12.8.